The number of carbonyl (C=O) groups excluding carboxylic acids is 2. The normalized spacial score (nSPS) is 27.3. The second-order valence-corrected chi connectivity index (χ2v) is 7.45. The number of hydrogen-bond donors (Lipinski definition) is 1. The van der Waals surface area contributed by atoms with Crippen LogP contribution in [0.15, 0.2) is 30.3 Å². The zero-order valence-electron chi connectivity index (χ0n) is 15.6. The summed E-state index contributed by atoms with van der Waals surface area (Å²) >= 11 is 0. The van der Waals surface area contributed by atoms with Gasteiger partial charge in [-0.05, 0) is 39.7 Å². The number of amides is 2. The Morgan fingerprint density at radius 2 is 1.58 bits per heavy atom. The van der Waals surface area contributed by atoms with Crippen molar-refractivity contribution in [3.63, 3.8) is 0 Å². The zero-order chi connectivity index (χ0) is 19.1. The van der Waals surface area contributed by atoms with Crippen LogP contribution in [0.25, 0.3) is 0 Å². The van der Waals surface area contributed by atoms with Gasteiger partial charge in [0.2, 0.25) is 0 Å². The van der Waals surface area contributed by atoms with Gasteiger partial charge < -0.3 is 14.6 Å². The van der Waals surface area contributed by atoms with E-state index in [1.54, 1.807) is 27.7 Å². The maximum atomic E-state index is 12.7. The van der Waals surface area contributed by atoms with Crippen LogP contribution in [0.4, 0.5) is 9.59 Å². The monoisotopic (exact) mass is 362 g/mol. The van der Waals surface area contributed by atoms with Gasteiger partial charge in [0.15, 0.2) is 0 Å². The predicted octanol–water partition coefficient (Wildman–Crippen LogP) is 3.03. The third-order valence-corrected chi connectivity index (χ3v) is 4.79. The molecule has 1 aromatic carbocycles. The van der Waals surface area contributed by atoms with Gasteiger partial charge in [-0.25, -0.2) is 19.6 Å². The lowest BCUT2D eigenvalue weighted by atomic mass is 9.87. The molecule has 3 unspecified atom stereocenters. The number of fused-ring (bicyclic) bond motifs is 2. The van der Waals surface area contributed by atoms with Crippen molar-refractivity contribution in [2.75, 3.05) is 0 Å². The van der Waals surface area contributed by atoms with Crippen LogP contribution in [-0.2, 0) is 15.1 Å². The number of carbonyl (C=O) groups is 2. The van der Waals surface area contributed by atoms with Crippen LogP contribution < -0.4 is 0 Å². The molecule has 0 aromatic heterocycles. The standard InChI is InChI=1S/C19H26N2O5/c1-12(2)25-17(22)20-15-10-16(21(20)18(23)26-13(3)4)19(24,11-15)14-8-6-5-7-9-14/h5-9,12-13,15-16,24H,10-11H2,1-4H3. The first-order valence-corrected chi connectivity index (χ1v) is 9.01. The Labute approximate surface area is 153 Å². The van der Waals surface area contributed by atoms with E-state index in [0.29, 0.717) is 12.8 Å². The van der Waals surface area contributed by atoms with E-state index in [0.717, 1.165) is 5.56 Å². The summed E-state index contributed by atoms with van der Waals surface area (Å²) in [5, 5.41) is 13.9. The molecule has 3 atom stereocenters. The lowest BCUT2D eigenvalue weighted by molar-refractivity contribution is -0.127. The fourth-order valence-electron chi connectivity index (χ4n) is 3.85. The van der Waals surface area contributed by atoms with Crippen molar-refractivity contribution < 1.29 is 24.2 Å². The third kappa shape index (κ3) is 3.11. The molecule has 1 N–H and O–H groups in total. The molecule has 142 valence electrons. The summed E-state index contributed by atoms with van der Waals surface area (Å²) in [6, 6.07) is 8.34. The van der Waals surface area contributed by atoms with E-state index in [-0.39, 0.29) is 18.2 Å². The van der Waals surface area contributed by atoms with E-state index in [1.807, 2.05) is 30.3 Å². The quantitative estimate of drug-likeness (QED) is 0.894. The molecule has 3 rings (SSSR count). The molecular weight excluding hydrogens is 336 g/mol. The number of rotatable bonds is 3. The van der Waals surface area contributed by atoms with E-state index in [2.05, 4.69) is 0 Å². The van der Waals surface area contributed by atoms with Gasteiger partial charge in [0.05, 0.1) is 24.3 Å². The number of aliphatic hydroxyl groups is 1. The van der Waals surface area contributed by atoms with Crippen molar-refractivity contribution in [2.24, 2.45) is 0 Å². The highest BCUT2D eigenvalue weighted by molar-refractivity contribution is 5.76. The van der Waals surface area contributed by atoms with Crippen LogP contribution in [-0.4, -0.2) is 51.6 Å². The molecule has 1 aliphatic carbocycles. The Balaban J connectivity index is 1.94. The van der Waals surface area contributed by atoms with Crippen LogP contribution >= 0.6 is 0 Å². The summed E-state index contributed by atoms with van der Waals surface area (Å²) < 4.78 is 10.6. The minimum absolute atomic E-state index is 0.308. The first kappa shape index (κ1) is 18.5. The molecule has 7 heteroatoms. The molecule has 2 bridgehead atoms. The Hall–Kier alpha value is -2.28. The summed E-state index contributed by atoms with van der Waals surface area (Å²) in [6.07, 6.45) is -1.07. The number of hydrogen-bond acceptors (Lipinski definition) is 5. The van der Waals surface area contributed by atoms with Gasteiger partial charge in [-0.2, -0.15) is 0 Å². The van der Waals surface area contributed by atoms with E-state index >= 15 is 0 Å². The Kier molecular flexibility index (Phi) is 4.84. The van der Waals surface area contributed by atoms with E-state index in [9.17, 15) is 14.7 Å². The van der Waals surface area contributed by atoms with Crippen LogP contribution in [0.2, 0.25) is 0 Å². The van der Waals surface area contributed by atoms with Crippen LogP contribution in [0.3, 0.4) is 0 Å². The van der Waals surface area contributed by atoms with Gasteiger partial charge in [-0.15, -0.1) is 0 Å². The summed E-state index contributed by atoms with van der Waals surface area (Å²) in [6.45, 7) is 6.99. The molecular formula is C19H26N2O5. The van der Waals surface area contributed by atoms with Gasteiger partial charge in [-0.3, -0.25) is 0 Å². The molecule has 0 spiro atoms. The number of ether oxygens (including phenoxy) is 2. The topological polar surface area (TPSA) is 79.3 Å². The summed E-state index contributed by atoms with van der Waals surface area (Å²) in [7, 11) is 0. The number of nitrogens with zero attached hydrogens (tertiary/aromatic N) is 2. The molecule has 1 saturated carbocycles. The van der Waals surface area contributed by atoms with Crippen molar-refractivity contribution >= 4 is 12.2 Å². The highest BCUT2D eigenvalue weighted by atomic mass is 16.6. The Morgan fingerprint density at radius 1 is 1.04 bits per heavy atom. The predicted molar refractivity (Wildman–Crippen MR) is 94.1 cm³/mol. The highest BCUT2D eigenvalue weighted by Crippen LogP contribution is 2.50. The number of benzene rings is 1. The molecule has 2 amide bonds. The van der Waals surface area contributed by atoms with Crippen molar-refractivity contribution in [1.82, 2.24) is 10.0 Å². The lowest BCUT2D eigenvalue weighted by Gasteiger charge is -2.44. The molecule has 1 aromatic rings. The van der Waals surface area contributed by atoms with Crippen LogP contribution in [0, 0.1) is 0 Å². The van der Waals surface area contributed by atoms with Crippen molar-refractivity contribution in [1.29, 1.82) is 0 Å². The van der Waals surface area contributed by atoms with Crippen molar-refractivity contribution in [3.05, 3.63) is 35.9 Å². The first-order chi connectivity index (χ1) is 12.2. The molecule has 0 radical (unpaired) electrons. The van der Waals surface area contributed by atoms with Gasteiger partial charge in [0, 0.05) is 6.42 Å². The SMILES string of the molecule is CC(C)OC(=O)N1C2CC(N1C(=O)OC(C)C)C(O)(c1ccccc1)C2. The Bertz CT molecular complexity index is 678. The third-order valence-electron chi connectivity index (χ3n) is 4.79. The largest absolute Gasteiger partial charge is 0.445 e. The molecule has 1 saturated heterocycles. The fourth-order valence-corrected chi connectivity index (χ4v) is 3.85. The fraction of sp³-hybridized carbons (Fsp3) is 0.579. The van der Waals surface area contributed by atoms with Crippen molar-refractivity contribution in [2.45, 2.75) is 70.4 Å². The molecule has 7 nitrogen and oxygen atoms in total. The minimum Gasteiger partial charge on any atom is -0.445 e. The van der Waals surface area contributed by atoms with Gasteiger partial charge >= 0.3 is 12.2 Å². The summed E-state index contributed by atoms with van der Waals surface area (Å²) in [5.41, 5.74) is -0.497. The summed E-state index contributed by atoms with van der Waals surface area (Å²) in [5.74, 6) is 0. The molecule has 2 fully saturated rings. The Morgan fingerprint density at radius 3 is 2.12 bits per heavy atom. The van der Waals surface area contributed by atoms with Gasteiger partial charge in [0.1, 0.15) is 5.60 Å². The zero-order valence-corrected chi connectivity index (χ0v) is 15.6. The smallest absolute Gasteiger partial charge is 0.429 e. The van der Waals surface area contributed by atoms with Gasteiger partial charge in [-0.1, -0.05) is 30.3 Å². The second kappa shape index (κ2) is 6.79. The average molecular weight is 362 g/mol. The van der Waals surface area contributed by atoms with E-state index in [4.69, 9.17) is 9.47 Å². The molecule has 1 heterocycles. The highest BCUT2D eigenvalue weighted by Gasteiger charge is 2.62. The molecule has 26 heavy (non-hydrogen) atoms. The molecule has 1 aliphatic heterocycles. The van der Waals surface area contributed by atoms with E-state index < -0.39 is 23.8 Å². The second-order valence-electron chi connectivity index (χ2n) is 7.45. The average Bonchev–Trinajstić information content (AvgIpc) is 3.09. The lowest BCUT2D eigenvalue weighted by Crippen LogP contribution is -2.61. The minimum atomic E-state index is -1.23. The van der Waals surface area contributed by atoms with Crippen LogP contribution in [0.1, 0.15) is 46.1 Å². The first-order valence-electron chi connectivity index (χ1n) is 9.01. The maximum Gasteiger partial charge on any atom is 0.429 e. The van der Waals surface area contributed by atoms with Crippen LogP contribution in [0.5, 0.6) is 0 Å². The summed E-state index contributed by atoms with van der Waals surface area (Å²) in [4.78, 5) is 25.3. The number of hydrazine groups is 1. The van der Waals surface area contributed by atoms with Crippen molar-refractivity contribution in [3.8, 4) is 0 Å². The van der Waals surface area contributed by atoms with E-state index in [1.165, 1.54) is 10.0 Å². The maximum absolute atomic E-state index is 12.7. The molecule has 2 aliphatic rings. The van der Waals surface area contributed by atoms with Gasteiger partial charge in [0.25, 0.3) is 0 Å².